The van der Waals surface area contributed by atoms with Crippen LogP contribution in [0.1, 0.15) is 39.9 Å². The van der Waals surface area contributed by atoms with Crippen LogP contribution >= 0.6 is 0 Å². The monoisotopic (exact) mass is 464 g/mol. The van der Waals surface area contributed by atoms with E-state index in [1.807, 2.05) is 44.4 Å². The summed E-state index contributed by atoms with van der Waals surface area (Å²) in [6.45, 7) is 2.28. The Morgan fingerprint density at radius 3 is 2.53 bits per heavy atom. The lowest BCUT2D eigenvalue weighted by atomic mass is 10.1. The molecule has 3 aromatic rings. The Labute approximate surface area is 198 Å². The van der Waals surface area contributed by atoms with Crippen LogP contribution in [0.25, 0.3) is 0 Å². The van der Waals surface area contributed by atoms with E-state index < -0.39 is 17.1 Å². The molecule has 0 saturated carbocycles. The molecule has 1 aliphatic heterocycles. The van der Waals surface area contributed by atoms with Crippen LogP contribution in [0, 0.1) is 5.82 Å². The van der Waals surface area contributed by atoms with E-state index >= 15 is 0 Å². The van der Waals surface area contributed by atoms with Crippen molar-refractivity contribution in [2.75, 3.05) is 27.2 Å². The minimum Gasteiger partial charge on any atom is -0.501 e. The van der Waals surface area contributed by atoms with Gasteiger partial charge in [0.25, 0.3) is 5.56 Å². The van der Waals surface area contributed by atoms with Gasteiger partial charge in [-0.1, -0.05) is 42.5 Å². The maximum Gasteiger partial charge on any atom is 0.296 e. The minimum absolute atomic E-state index is 0.0551. The molecule has 1 aromatic heterocycles. The normalized spacial score (nSPS) is 16.3. The summed E-state index contributed by atoms with van der Waals surface area (Å²) >= 11 is 0. The summed E-state index contributed by atoms with van der Waals surface area (Å²) in [5.74, 6) is -0.884. The summed E-state index contributed by atoms with van der Waals surface area (Å²) in [5, 5.41) is 10.6. The van der Waals surface area contributed by atoms with Crippen molar-refractivity contribution in [1.29, 1.82) is 0 Å². The van der Waals surface area contributed by atoms with Gasteiger partial charge in [-0.05, 0) is 43.8 Å². The smallest absolute Gasteiger partial charge is 0.296 e. The van der Waals surface area contributed by atoms with E-state index in [-0.39, 0.29) is 24.0 Å². The van der Waals surface area contributed by atoms with Gasteiger partial charge in [-0.3, -0.25) is 19.1 Å². The molecule has 1 unspecified atom stereocenters. The van der Waals surface area contributed by atoms with E-state index in [1.54, 1.807) is 12.1 Å². The van der Waals surface area contributed by atoms with Gasteiger partial charge in [0.15, 0.2) is 11.5 Å². The predicted octanol–water partition coefficient (Wildman–Crippen LogP) is 3.02. The van der Waals surface area contributed by atoms with Crippen LogP contribution in [0.3, 0.4) is 0 Å². The van der Waals surface area contributed by atoms with Gasteiger partial charge in [0.2, 0.25) is 5.75 Å². The Kier molecular flexibility index (Phi) is 7.19. The molecule has 0 amide bonds. The number of aryl methyl sites for hydroxylation is 1. The number of benzene rings is 2. The number of hydrogen-bond donors (Lipinski definition) is 1. The van der Waals surface area contributed by atoms with Gasteiger partial charge in [-0.25, -0.2) is 9.37 Å². The Bertz CT molecular complexity index is 1210. The lowest BCUT2D eigenvalue weighted by Gasteiger charge is -2.29. The van der Waals surface area contributed by atoms with Gasteiger partial charge in [-0.2, -0.15) is 0 Å². The van der Waals surface area contributed by atoms with Gasteiger partial charge in [0, 0.05) is 32.6 Å². The summed E-state index contributed by atoms with van der Waals surface area (Å²) in [6, 6.07) is 15.7. The SMILES string of the molecule is CN1CCn2c(nc(C(=O)CCc3ccc(F)cc3)c(O)c2=O)C(N(C)Cc2ccccc2)C1. The Balaban J connectivity index is 1.64. The standard InChI is InChI=1S/C26H29FN4O3/c1-29-14-15-31-25(21(17-29)30(2)16-19-6-4-3-5-7-19)28-23(24(33)26(31)34)22(32)13-10-18-8-11-20(27)12-9-18/h3-9,11-12,21,33H,10,13-17H2,1-2H3. The fourth-order valence-electron chi connectivity index (χ4n) is 4.31. The number of halogens is 1. The number of likely N-dealkylation sites (N-methyl/N-ethyl adjacent to an activating group) is 2. The third-order valence-electron chi connectivity index (χ3n) is 6.29. The molecule has 0 aliphatic carbocycles. The summed E-state index contributed by atoms with van der Waals surface area (Å²) < 4.78 is 14.6. The van der Waals surface area contributed by atoms with Crippen molar-refractivity contribution in [2.45, 2.75) is 32.0 Å². The van der Waals surface area contributed by atoms with Crippen molar-refractivity contribution in [3.63, 3.8) is 0 Å². The predicted molar refractivity (Wildman–Crippen MR) is 127 cm³/mol. The van der Waals surface area contributed by atoms with Gasteiger partial charge in [0.05, 0.1) is 6.04 Å². The van der Waals surface area contributed by atoms with Crippen LogP contribution < -0.4 is 5.56 Å². The summed E-state index contributed by atoms with van der Waals surface area (Å²) in [4.78, 5) is 34.9. The van der Waals surface area contributed by atoms with E-state index in [9.17, 15) is 19.1 Å². The first kappa shape index (κ1) is 23.8. The van der Waals surface area contributed by atoms with E-state index in [0.29, 0.717) is 38.4 Å². The fraction of sp³-hybridized carbons (Fsp3) is 0.346. The molecule has 0 fully saturated rings. The van der Waals surface area contributed by atoms with E-state index in [0.717, 1.165) is 11.1 Å². The van der Waals surface area contributed by atoms with Gasteiger partial charge in [-0.15, -0.1) is 0 Å². The topological polar surface area (TPSA) is 78.7 Å². The van der Waals surface area contributed by atoms with Crippen molar-refractivity contribution >= 4 is 5.78 Å². The number of carbonyl (C=O) groups is 1. The van der Waals surface area contributed by atoms with Crippen LogP contribution in [0.15, 0.2) is 59.4 Å². The maximum absolute atomic E-state index is 13.2. The number of hydrogen-bond acceptors (Lipinski definition) is 6. The summed E-state index contributed by atoms with van der Waals surface area (Å²) in [7, 11) is 3.95. The molecule has 1 N–H and O–H groups in total. The molecule has 0 saturated heterocycles. The number of fused-ring (bicyclic) bond motifs is 1. The first-order valence-electron chi connectivity index (χ1n) is 11.4. The van der Waals surface area contributed by atoms with Gasteiger partial charge in [0.1, 0.15) is 11.6 Å². The van der Waals surface area contributed by atoms with Gasteiger partial charge < -0.3 is 10.0 Å². The molecule has 2 aromatic carbocycles. The molecular weight excluding hydrogens is 435 g/mol. The highest BCUT2D eigenvalue weighted by molar-refractivity contribution is 5.96. The number of ketones is 1. The lowest BCUT2D eigenvalue weighted by molar-refractivity contribution is 0.0972. The molecule has 7 nitrogen and oxygen atoms in total. The number of carbonyl (C=O) groups excluding carboxylic acids is 1. The Hall–Kier alpha value is -3.36. The average molecular weight is 465 g/mol. The number of aromatic hydroxyl groups is 1. The second-order valence-electron chi connectivity index (χ2n) is 8.85. The third kappa shape index (κ3) is 5.24. The highest BCUT2D eigenvalue weighted by Gasteiger charge is 2.30. The number of Topliss-reactive ketones (excluding diaryl/α,β-unsaturated/α-hetero) is 1. The average Bonchev–Trinajstić information content (AvgIpc) is 3.00. The molecule has 0 spiro atoms. The number of nitrogens with zero attached hydrogens (tertiary/aromatic N) is 4. The first-order valence-corrected chi connectivity index (χ1v) is 11.4. The first-order chi connectivity index (χ1) is 16.3. The molecule has 2 heterocycles. The van der Waals surface area contributed by atoms with Crippen LogP contribution in [-0.4, -0.2) is 57.4 Å². The highest BCUT2D eigenvalue weighted by atomic mass is 19.1. The van der Waals surface area contributed by atoms with Crippen LogP contribution in [0.5, 0.6) is 5.75 Å². The third-order valence-corrected chi connectivity index (χ3v) is 6.29. The molecule has 34 heavy (non-hydrogen) atoms. The largest absolute Gasteiger partial charge is 0.501 e. The number of rotatable bonds is 7. The lowest BCUT2D eigenvalue weighted by Crippen LogP contribution is -2.36. The van der Waals surface area contributed by atoms with E-state index in [2.05, 4.69) is 14.8 Å². The molecule has 0 bridgehead atoms. The van der Waals surface area contributed by atoms with Crippen molar-refractivity contribution in [2.24, 2.45) is 0 Å². The summed E-state index contributed by atoms with van der Waals surface area (Å²) in [6.07, 6.45) is 0.415. The quantitative estimate of drug-likeness (QED) is 0.542. The highest BCUT2D eigenvalue weighted by Crippen LogP contribution is 2.25. The zero-order chi connectivity index (χ0) is 24.2. The van der Waals surface area contributed by atoms with Crippen molar-refractivity contribution in [3.05, 3.63) is 93.4 Å². The minimum atomic E-state index is -0.609. The molecule has 178 valence electrons. The Morgan fingerprint density at radius 2 is 1.82 bits per heavy atom. The number of aromatic nitrogens is 2. The second kappa shape index (κ2) is 10.3. The van der Waals surface area contributed by atoms with Gasteiger partial charge >= 0.3 is 0 Å². The van der Waals surface area contributed by atoms with E-state index in [1.165, 1.54) is 16.7 Å². The molecular formula is C26H29FN4O3. The molecule has 1 atom stereocenters. The van der Waals surface area contributed by atoms with Crippen LogP contribution in [-0.2, 0) is 19.5 Å². The zero-order valence-electron chi connectivity index (χ0n) is 19.4. The van der Waals surface area contributed by atoms with Crippen LogP contribution in [0.4, 0.5) is 4.39 Å². The van der Waals surface area contributed by atoms with Crippen molar-refractivity contribution < 1.29 is 14.3 Å². The second-order valence-corrected chi connectivity index (χ2v) is 8.85. The molecule has 8 heteroatoms. The van der Waals surface area contributed by atoms with Crippen molar-refractivity contribution in [3.8, 4) is 5.75 Å². The molecule has 0 radical (unpaired) electrons. The van der Waals surface area contributed by atoms with E-state index in [4.69, 9.17) is 0 Å². The van der Waals surface area contributed by atoms with Crippen molar-refractivity contribution in [1.82, 2.24) is 19.4 Å². The zero-order valence-corrected chi connectivity index (χ0v) is 19.4. The summed E-state index contributed by atoms with van der Waals surface area (Å²) in [5.41, 5.74) is 1.13. The fourth-order valence-corrected chi connectivity index (χ4v) is 4.31. The molecule has 1 aliphatic rings. The van der Waals surface area contributed by atoms with Crippen LogP contribution in [0.2, 0.25) is 0 Å². The molecule has 4 rings (SSSR count). The maximum atomic E-state index is 13.2. The Morgan fingerprint density at radius 1 is 1.12 bits per heavy atom.